The molecule has 0 aliphatic rings. The first-order valence-electron chi connectivity index (χ1n) is 6.23. The molecule has 0 fully saturated rings. The van der Waals surface area contributed by atoms with Crippen LogP contribution in [0.3, 0.4) is 0 Å². The van der Waals surface area contributed by atoms with Crippen molar-refractivity contribution in [2.45, 2.75) is 13.0 Å². The summed E-state index contributed by atoms with van der Waals surface area (Å²) in [5.74, 6) is -0.164. The number of hydrogen-bond acceptors (Lipinski definition) is 3. The van der Waals surface area contributed by atoms with Crippen LogP contribution in [0.2, 0.25) is 5.02 Å². The molecule has 4 nitrogen and oxygen atoms in total. The molecule has 1 atom stereocenters. The molecule has 104 valence electrons. The molecule has 2 aromatic rings. The Morgan fingerprint density at radius 2 is 2.15 bits per heavy atom. The molecule has 1 aromatic carbocycles. The molecule has 0 bridgehead atoms. The van der Waals surface area contributed by atoms with Crippen LogP contribution in [0.15, 0.2) is 42.7 Å². The van der Waals surface area contributed by atoms with E-state index in [9.17, 15) is 4.79 Å². The van der Waals surface area contributed by atoms with Gasteiger partial charge < -0.3 is 10.6 Å². The summed E-state index contributed by atoms with van der Waals surface area (Å²) < 4.78 is 0. The minimum atomic E-state index is -0.164. The first-order valence-corrected chi connectivity index (χ1v) is 6.60. The van der Waals surface area contributed by atoms with Crippen LogP contribution in [0.1, 0.15) is 28.9 Å². The molecule has 5 heteroatoms. The predicted molar refractivity (Wildman–Crippen MR) is 80.6 cm³/mol. The largest absolute Gasteiger partial charge is 0.398 e. The monoisotopic (exact) mass is 289 g/mol. The Kier molecular flexibility index (Phi) is 4.25. The number of amides is 1. The Balaban J connectivity index is 2.25. The van der Waals surface area contributed by atoms with Crippen LogP contribution < -0.4 is 5.73 Å². The van der Waals surface area contributed by atoms with Gasteiger partial charge in [-0.1, -0.05) is 23.7 Å². The van der Waals surface area contributed by atoms with Gasteiger partial charge in [-0.05, 0) is 30.7 Å². The first-order chi connectivity index (χ1) is 9.50. The molecule has 1 aromatic heterocycles. The van der Waals surface area contributed by atoms with E-state index >= 15 is 0 Å². The van der Waals surface area contributed by atoms with E-state index in [1.54, 1.807) is 30.3 Å². The smallest absolute Gasteiger partial charge is 0.257 e. The number of carbonyl (C=O) groups excluding carboxylic acids is 1. The maximum absolute atomic E-state index is 12.4. The van der Waals surface area contributed by atoms with Gasteiger partial charge in [0.25, 0.3) is 5.91 Å². The van der Waals surface area contributed by atoms with Crippen LogP contribution in [0.25, 0.3) is 0 Å². The fourth-order valence-corrected chi connectivity index (χ4v) is 2.14. The van der Waals surface area contributed by atoms with E-state index in [0.29, 0.717) is 16.3 Å². The number of halogens is 1. The van der Waals surface area contributed by atoms with E-state index in [0.717, 1.165) is 5.56 Å². The summed E-state index contributed by atoms with van der Waals surface area (Å²) in [6, 6.07) is 8.96. The lowest BCUT2D eigenvalue weighted by Crippen LogP contribution is -2.30. The van der Waals surface area contributed by atoms with E-state index in [2.05, 4.69) is 4.98 Å². The predicted octanol–water partition coefficient (Wildman–Crippen LogP) is 3.15. The molecule has 0 radical (unpaired) electrons. The van der Waals surface area contributed by atoms with Crippen molar-refractivity contribution in [3.63, 3.8) is 0 Å². The maximum Gasteiger partial charge on any atom is 0.257 e. The van der Waals surface area contributed by atoms with Crippen LogP contribution in [0, 0.1) is 0 Å². The van der Waals surface area contributed by atoms with Gasteiger partial charge in [0.1, 0.15) is 0 Å². The summed E-state index contributed by atoms with van der Waals surface area (Å²) in [7, 11) is 1.74. The Morgan fingerprint density at radius 3 is 2.80 bits per heavy atom. The summed E-state index contributed by atoms with van der Waals surface area (Å²) in [4.78, 5) is 18.0. The number of nitrogen functional groups attached to an aromatic ring is 1. The van der Waals surface area contributed by atoms with Crippen LogP contribution in [-0.4, -0.2) is 22.8 Å². The van der Waals surface area contributed by atoms with E-state index < -0.39 is 0 Å². The summed E-state index contributed by atoms with van der Waals surface area (Å²) in [6.07, 6.45) is 3.05. The van der Waals surface area contributed by atoms with Crippen molar-refractivity contribution in [1.82, 2.24) is 9.88 Å². The van der Waals surface area contributed by atoms with Crippen molar-refractivity contribution in [3.05, 3.63) is 58.9 Å². The molecular weight excluding hydrogens is 274 g/mol. The molecule has 1 heterocycles. The molecule has 0 aliphatic heterocycles. The second-order valence-electron chi connectivity index (χ2n) is 4.61. The minimum Gasteiger partial charge on any atom is -0.398 e. The highest BCUT2D eigenvalue weighted by molar-refractivity contribution is 6.30. The van der Waals surface area contributed by atoms with Gasteiger partial charge in [-0.25, -0.2) is 0 Å². The normalized spacial score (nSPS) is 11.9. The van der Waals surface area contributed by atoms with Gasteiger partial charge in [0.05, 0.1) is 11.6 Å². The summed E-state index contributed by atoms with van der Waals surface area (Å²) in [6.45, 7) is 1.94. The van der Waals surface area contributed by atoms with Gasteiger partial charge in [0.15, 0.2) is 0 Å². The fraction of sp³-hybridized carbons (Fsp3) is 0.200. The molecule has 20 heavy (non-hydrogen) atoms. The highest BCUT2D eigenvalue weighted by Crippen LogP contribution is 2.24. The topological polar surface area (TPSA) is 59.2 Å². The van der Waals surface area contributed by atoms with Gasteiger partial charge in [0, 0.05) is 30.2 Å². The summed E-state index contributed by atoms with van der Waals surface area (Å²) in [5.41, 5.74) is 7.61. The number of pyridine rings is 1. The zero-order valence-electron chi connectivity index (χ0n) is 11.4. The quantitative estimate of drug-likeness (QED) is 0.944. The van der Waals surface area contributed by atoms with E-state index in [-0.39, 0.29) is 11.9 Å². The Hall–Kier alpha value is -2.07. The number of hydrogen-bond donors (Lipinski definition) is 1. The van der Waals surface area contributed by atoms with Crippen LogP contribution >= 0.6 is 11.6 Å². The molecule has 1 unspecified atom stereocenters. The number of nitrogens with zero attached hydrogens (tertiary/aromatic N) is 2. The highest BCUT2D eigenvalue weighted by atomic mass is 35.5. The van der Waals surface area contributed by atoms with Crippen molar-refractivity contribution in [3.8, 4) is 0 Å². The van der Waals surface area contributed by atoms with Gasteiger partial charge in [-0.2, -0.15) is 0 Å². The number of rotatable bonds is 3. The van der Waals surface area contributed by atoms with Crippen molar-refractivity contribution < 1.29 is 4.79 Å². The maximum atomic E-state index is 12.4. The number of carbonyl (C=O) groups is 1. The summed E-state index contributed by atoms with van der Waals surface area (Å²) >= 11 is 5.98. The Labute approximate surface area is 123 Å². The molecule has 0 saturated carbocycles. The van der Waals surface area contributed by atoms with E-state index in [4.69, 9.17) is 17.3 Å². The number of anilines is 1. The zero-order chi connectivity index (χ0) is 14.7. The van der Waals surface area contributed by atoms with Gasteiger partial charge in [-0.3, -0.25) is 9.78 Å². The average Bonchev–Trinajstić information content (AvgIpc) is 2.45. The molecule has 0 spiro atoms. The van der Waals surface area contributed by atoms with Crippen LogP contribution in [-0.2, 0) is 0 Å². The SMILES string of the molecule is CC(c1cccc(Cl)c1)N(C)C(=O)c1cnccc1N. The molecule has 2 rings (SSSR count). The lowest BCUT2D eigenvalue weighted by molar-refractivity contribution is 0.0743. The number of benzene rings is 1. The van der Waals surface area contributed by atoms with E-state index in [1.807, 2.05) is 25.1 Å². The summed E-state index contributed by atoms with van der Waals surface area (Å²) in [5, 5.41) is 0.649. The molecule has 2 N–H and O–H groups in total. The third kappa shape index (κ3) is 2.91. The van der Waals surface area contributed by atoms with Gasteiger partial charge in [-0.15, -0.1) is 0 Å². The van der Waals surface area contributed by atoms with Crippen molar-refractivity contribution >= 4 is 23.2 Å². The van der Waals surface area contributed by atoms with Crippen molar-refractivity contribution in [2.75, 3.05) is 12.8 Å². The highest BCUT2D eigenvalue weighted by Gasteiger charge is 2.20. The van der Waals surface area contributed by atoms with E-state index in [1.165, 1.54) is 6.20 Å². The second kappa shape index (κ2) is 5.92. The molecular formula is C15H16ClN3O. The molecule has 0 aliphatic carbocycles. The lowest BCUT2D eigenvalue weighted by atomic mass is 10.1. The first kappa shape index (κ1) is 14.3. The third-order valence-corrected chi connectivity index (χ3v) is 3.55. The minimum absolute atomic E-state index is 0.110. The van der Waals surface area contributed by atoms with Gasteiger partial charge >= 0.3 is 0 Å². The zero-order valence-corrected chi connectivity index (χ0v) is 12.1. The van der Waals surface area contributed by atoms with Crippen molar-refractivity contribution in [2.24, 2.45) is 0 Å². The number of nitrogens with two attached hydrogens (primary N) is 1. The number of aromatic nitrogens is 1. The standard InChI is InChI=1S/C15H16ClN3O/c1-10(11-4-3-5-12(16)8-11)19(2)15(20)13-9-18-7-6-14(13)17/h3-10H,1-2H3,(H2,17,18). The van der Waals surface area contributed by atoms with Gasteiger partial charge in [0.2, 0.25) is 0 Å². The third-order valence-electron chi connectivity index (χ3n) is 3.32. The molecule has 1 amide bonds. The second-order valence-corrected chi connectivity index (χ2v) is 5.05. The molecule has 0 saturated heterocycles. The fourth-order valence-electron chi connectivity index (χ4n) is 1.94. The average molecular weight is 290 g/mol. The Morgan fingerprint density at radius 1 is 1.40 bits per heavy atom. The van der Waals surface area contributed by atoms with Crippen LogP contribution in [0.5, 0.6) is 0 Å². The van der Waals surface area contributed by atoms with Crippen LogP contribution in [0.4, 0.5) is 5.69 Å². The lowest BCUT2D eigenvalue weighted by Gasteiger charge is -2.26. The Bertz CT molecular complexity index is 630. The van der Waals surface area contributed by atoms with Crippen molar-refractivity contribution in [1.29, 1.82) is 0 Å².